The Kier molecular flexibility index (Phi) is 15.7. The molecule has 0 aromatic rings. The van der Waals surface area contributed by atoms with E-state index >= 15 is 0 Å². The van der Waals surface area contributed by atoms with Gasteiger partial charge in [0.1, 0.15) is 0 Å². The fourth-order valence-corrected chi connectivity index (χ4v) is 0.0548. The van der Waals surface area contributed by atoms with Crippen molar-refractivity contribution in [2.75, 3.05) is 0 Å². The summed E-state index contributed by atoms with van der Waals surface area (Å²) in [4.78, 5) is 6.88. The summed E-state index contributed by atoms with van der Waals surface area (Å²) in [7, 11) is -0.0486. The molecule has 0 aliphatic rings. The van der Waals surface area contributed by atoms with Gasteiger partial charge in [0, 0.05) is 0 Å². The van der Waals surface area contributed by atoms with Crippen LogP contribution in [0.5, 0.6) is 0 Å². The van der Waals surface area contributed by atoms with E-state index in [0.717, 1.165) is 0 Å². The summed E-state index contributed by atoms with van der Waals surface area (Å²) in [6.45, 7) is 0. The second-order valence-electron chi connectivity index (χ2n) is 0.453. The monoisotopic (exact) mass is 242 g/mol. The van der Waals surface area contributed by atoms with E-state index in [1.54, 1.807) is 0 Å². The van der Waals surface area contributed by atoms with E-state index in [9.17, 15) is 0 Å². The van der Waals surface area contributed by atoms with Crippen molar-refractivity contribution in [3.63, 3.8) is 0 Å². The molecule has 0 aliphatic carbocycles. The minimum atomic E-state index is -0.0243. The predicted molar refractivity (Wildman–Crippen MR) is 24.7 cm³/mol. The fourth-order valence-electron chi connectivity index (χ4n) is 0.0548. The van der Waals surface area contributed by atoms with Crippen LogP contribution in [0.15, 0.2) is 0 Å². The van der Waals surface area contributed by atoms with E-state index in [4.69, 9.17) is 9.41 Å². The summed E-state index contributed by atoms with van der Waals surface area (Å²) in [6.07, 6.45) is 0. The van der Waals surface area contributed by atoms with Crippen molar-refractivity contribution < 1.29 is 24.1 Å². The minimum absolute atomic E-state index is 0. The van der Waals surface area contributed by atoms with Gasteiger partial charge < -0.3 is 0 Å². The van der Waals surface area contributed by atoms with Crippen LogP contribution >= 0.6 is 0 Å². The Morgan fingerprint density at radius 2 is 1.38 bits per heavy atom. The molecule has 40 valence electrons. The van der Waals surface area contributed by atoms with Crippen molar-refractivity contribution in [3.8, 4) is 0 Å². The molecule has 0 bridgehead atoms. The van der Waals surface area contributed by atoms with Crippen LogP contribution in [-0.2, 0) is 24.1 Å². The zero-order valence-corrected chi connectivity index (χ0v) is 3.20. The number of hydrogen-bond donors (Lipinski definition) is 0. The van der Waals surface area contributed by atoms with E-state index < -0.39 is 0 Å². The topological polar surface area (TPSA) is 61.8 Å². The number of rotatable bonds is 4. The molecule has 0 heterocycles. The molecule has 0 unspecified atom stereocenters. The van der Waals surface area contributed by atoms with Gasteiger partial charge in [-0.25, -0.2) is 0 Å². The third kappa shape index (κ3) is 9.97. The van der Waals surface area contributed by atoms with Crippen LogP contribution in [-0.4, -0.2) is 63.6 Å². The first-order valence-electron chi connectivity index (χ1n) is 1.28. The van der Waals surface area contributed by atoms with E-state index in [-0.39, 0.29) is 63.6 Å². The first kappa shape index (κ1) is 11.6. The molecule has 8 heavy (non-hydrogen) atoms. The van der Waals surface area contributed by atoms with Crippen molar-refractivity contribution in [1.29, 1.82) is 0 Å². The second-order valence-corrected chi connectivity index (χ2v) is 0.453. The average molecular weight is 241 g/mol. The Bertz CT molecular complexity index is 55.4. The Morgan fingerprint density at radius 1 is 1.00 bits per heavy atom. The van der Waals surface area contributed by atoms with Crippen LogP contribution in [0.3, 0.4) is 0 Å². The molecule has 0 aromatic heterocycles. The summed E-state index contributed by atoms with van der Waals surface area (Å²) >= 11 is 0. The second kappa shape index (κ2) is 10.8. The van der Waals surface area contributed by atoms with Crippen molar-refractivity contribution in [1.82, 2.24) is 0 Å². The molecule has 0 atom stereocenters. The zero-order valence-electron chi connectivity index (χ0n) is 3.20. The van der Waals surface area contributed by atoms with E-state index in [1.165, 1.54) is 0 Å². The summed E-state index contributed by atoms with van der Waals surface area (Å²) in [5.41, 5.74) is 0. The SMILES string of the molecule is O=BOOOB=O.[BaH2]. The van der Waals surface area contributed by atoms with Crippen LogP contribution in [0.4, 0.5) is 0 Å². The van der Waals surface area contributed by atoms with Gasteiger partial charge in [0.15, 0.2) is 0 Å². The molecule has 5 nitrogen and oxygen atoms in total. The van der Waals surface area contributed by atoms with E-state index in [1.807, 2.05) is 0 Å². The normalized spacial score (nSPS) is 5.00. The molecular formula is H2B2BaO5. The van der Waals surface area contributed by atoms with Gasteiger partial charge in [-0.2, -0.15) is 0 Å². The first-order chi connectivity index (χ1) is 3.41. The Balaban J connectivity index is 0. The van der Waals surface area contributed by atoms with Crippen LogP contribution in [0, 0.1) is 0 Å². The van der Waals surface area contributed by atoms with Crippen molar-refractivity contribution in [3.05, 3.63) is 0 Å². The molecule has 0 saturated carbocycles. The van der Waals surface area contributed by atoms with Gasteiger partial charge in [-0.3, -0.25) is 0 Å². The maximum absolute atomic E-state index is 9.14. The predicted octanol–water partition coefficient (Wildman–Crippen LogP) is -2.12. The molecule has 0 N–H and O–H groups in total. The van der Waals surface area contributed by atoms with E-state index in [0.29, 0.717) is 0 Å². The third-order valence-corrected chi connectivity index (χ3v) is 0.157. The molecule has 0 saturated heterocycles. The summed E-state index contributed by atoms with van der Waals surface area (Å²) in [6, 6.07) is 0. The summed E-state index contributed by atoms with van der Waals surface area (Å²) in [5, 5.41) is 3.40. The Morgan fingerprint density at radius 3 is 1.62 bits per heavy atom. The van der Waals surface area contributed by atoms with Crippen molar-refractivity contribution in [2.24, 2.45) is 0 Å². The van der Waals surface area contributed by atoms with Crippen molar-refractivity contribution in [2.45, 2.75) is 0 Å². The Labute approximate surface area is 86.5 Å². The van der Waals surface area contributed by atoms with Crippen LogP contribution < -0.4 is 0 Å². The van der Waals surface area contributed by atoms with Gasteiger partial charge in [-0.15, -0.1) is 0 Å². The molecule has 0 radical (unpaired) electrons. The zero-order chi connectivity index (χ0) is 5.54. The maximum atomic E-state index is 9.14. The van der Waals surface area contributed by atoms with Crippen LogP contribution in [0.1, 0.15) is 0 Å². The first-order valence-corrected chi connectivity index (χ1v) is 1.28. The average Bonchev–Trinajstić information content (AvgIpc) is 1.69. The molecular weight excluding hydrogens is 239 g/mol. The van der Waals surface area contributed by atoms with Gasteiger partial charge in [-0.05, 0) is 0 Å². The quantitative estimate of drug-likeness (QED) is 0.244. The molecule has 0 amide bonds. The molecule has 0 aromatic carbocycles. The van der Waals surface area contributed by atoms with E-state index in [2.05, 4.69) is 14.6 Å². The molecule has 0 spiro atoms. The molecule has 0 rings (SSSR count). The van der Waals surface area contributed by atoms with Gasteiger partial charge in [0.05, 0.1) is 0 Å². The van der Waals surface area contributed by atoms with Gasteiger partial charge in [0.2, 0.25) is 0 Å². The van der Waals surface area contributed by atoms with Crippen LogP contribution in [0.25, 0.3) is 0 Å². The molecule has 8 heteroatoms. The fraction of sp³-hybridized carbons (Fsp3) is 0. The van der Waals surface area contributed by atoms with Crippen molar-refractivity contribution >= 4 is 63.6 Å². The van der Waals surface area contributed by atoms with Gasteiger partial charge in [-0.1, -0.05) is 0 Å². The van der Waals surface area contributed by atoms with Gasteiger partial charge >= 0.3 is 87.6 Å². The Hall–Kier alpha value is 0.861. The summed E-state index contributed by atoms with van der Waals surface area (Å²) < 4.78 is 18.3. The summed E-state index contributed by atoms with van der Waals surface area (Å²) in [5.74, 6) is 0. The molecule has 0 aliphatic heterocycles. The third-order valence-electron chi connectivity index (χ3n) is 0.157. The standard InChI is InChI=1S/B2O5.Ba.2H/c3-1-5-7-6-2-4;;;. The van der Waals surface area contributed by atoms with Gasteiger partial charge in [0.25, 0.3) is 0 Å². The molecule has 0 fully saturated rings. The van der Waals surface area contributed by atoms with Crippen LogP contribution in [0.2, 0.25) is 0 Å². The number of hydrogen-bond acceptors (Lipinski definition) is 5.